The Morgan fingerprint density at radius 1 is 1.44 bits per heavy atom. The molecule has 0 spiro atoms. The van der Waals surface area contributed by atoms with Gasteiger partial charge < -0.3 is 9.47 Å². The smallest absolute Gasteiger partial charge is 0.147 e. The van der Waals surface area contributed by atoms with Gasteiger partial charge in [0.25, 0.3) is 0 Å². The van der Waals surface area contributed by atoms with Gasteiger partial charge in [-0.1, -0.05) is 13.3 Å². The van der Waals surface area contributed by atoms with Crippen LogP contribution in [0.25, 0.3) is 0 Å². The topological polar surface area (TPSA) is 18.5 Å². The lowest BCUT2D eigenvalue weighted by Gasteiger charge is -2.09. The molecule has 0 amide bonds. The fourth-order valence-corrected chi connectivity index (χ4v) is 1.08. The second-order valence-corrected chi connectivity index (χ2v) is 2.48. The molecule has 2 nitrogen and oxygen atoms in total. The lowest BCUT2D eigenvalue weighted by Crippen LogP contribution is -2.18. The molecule has 0 bridgehead atoms. The molecule has 9 heavy (non-hydrogen) atoms. The van der Waals surface area contributed by atoms with Crippen LogP contribution in [0, 0.1) is 0 Å². The van der Waals surface area contributed by atoms with E-state index < -0.39 is 0 Å². The number of rotatable bonds is 2. The van der Waals surface area contributed by atoms with Crippen molar-refractivity contribution >= 4 is 0 Å². The van der Waals surface area contributed by atoms with Crippen LogP contribution in [0.2, 0.25) is 0 Å². The summed E-state index contributed by atoms with van der Waals surface area (Å²) in [6.07, 6.45) is 2.97. The van der Waals surface area contributed by atoms with E-state index in [2.05, 4.69) is 13.8 Å². The predicted molar refractivity (Wildman–Crippen MR) is 35.2 cm³/mol. The quantitative estimate of drug-likeness (QED) is 0.564. The van der Waals surface area contributed by atoms with Gasteiger partial charge in [-0.15, -0.1) is 0 Å². The summed E-state index contributed by atoms with van der Waals surface area (Å²) in [5.41, 5.74) is 0. The van der Waals surface area contributed by atoms with Gasteiger partial charge in [0.05, 0.1) is 12.2 Å². The van der Waals surface area contributed by atoms with Gasteiger partial charge in [-0.25, -0.2) is 0 Å². The first kappa shape index (κ1) is 7.03. The zero-order valence-corrected chi connectivity index (χ0v) is 6.09. The van der Waals surface area contributed by atoms with Crippen LogP contribution in [0.3, 0.4) is 0 Å². The van der Waals surface area contributed by atoms with Gasteiger partial charge in [-0.2, -0.15) is 0 Å². The molecule has 0 saturated carbocycles. The molecule has 1 fully saturated rings. The van der Waals surface area contributed by atoms with Gasteiger partial charge in [0.15, 0.2) is 0 Å². The summed E-state index contributed by atoms with van der Waals surface area (Å²) in [5, 5.41) is 0. The Hall–Kier alpha value is -0.0800. The van der Waals surface area contributed by atoms with Crippen LogP contribution in [0.4, 0.5) is 0 Å². The molecule has 1 rings (SSSR count). The molecule has 0 aliphatic carbocycles. The van der Waals surface area contributed by atoms with E-state index >= 15 is 0 Å². The summed E-state index contributed by atoms with van der Waals surface area (Å²) in [6.45, 7) is 4.72. The van der Waals surface area contributed by atoms with Crippen molar-refractivity contribution in [3.8, 4) is 0 Å². The van der Waals surface area contributed by atoms with Crippen molar-refractivity contribution in [2.75, 3.05) is 6.79 Å². The Labute approximate surface area is 56.2 Å². The lowest BCUT2D eigenvalue weighted by atomic mass is 10.1. The molecule has 2 heteroatoms. The van der Waals surface area contributed by atoms with Crippen molar-refractivity contribution in [3.05, 3.63) is 0 Å². The molecule has 54 valence electrons. The molecular formula is C7H14O2. The van der Waals surface area contributed by atoms with Gasteiger partial charge in [0.2, 0.25) is 0 Å². The molecule has 1 aliphatic rings. The average molecular weight is 130 g/mol. The van der Waals surface area contributed by atoms with E-state index in [-0.39, 0.29) is 0 Å². The third-order valence-corrected chi connectivity index (χ3v) is 1.71. The first-order valence-electron chi connectivity index (χ1n) is 3.57. The van der Waals surface area contributed by atoms with Crippen LogP contribution < -0.4 is 0 Å². The molecule has 1 aliphatic heterocycles. The summed E-state index contributed by atoms with van der Waals surface area (Å²) in [4.78, 5) is 0. The summed E-state index contributed by atoms with van der Waals surface area (Å²) in [5.74, 6) is 0. The second kappa shape index (κ2) is 3.18. The minimum atomic E-state index is 0.310. The van der Waals surface area contributed by atoms with Gasteiger partial charge in [0.1, 0.15) is 6.79 Å². The first-order valence-corrected chi connectivity index (χ1v) is 3.57. The Morgan fingerprint density at radius 3 is 2.67 bits per heavy atom. The molecule has 0 aromatic heterocycles. The fraction of sp³-hybridized carbons (Fsp3) is 1.00. The highest BCUT2D eigenvalue weighted by atomic mass is 16.7. The lowest BCUT2D eigenvalue weighted by molar-refractivity contribution is 0.0392. The molecule has 2 atom stereocenters. The Bertz CT molecular complexity index is 83.0. The van der Waals surface area contributed by atoms with Crippen LogP contribution >= 0.6 is 0 Å². The Balaban J connectivity index is 2.22. The van der Waals surface area contributed by atoms with Crippen LogP contribution in [-0.2, 0) is 9.47 Å². The summed E-state index contributed by atoms with van der Waals surface area (Å²) >= 11 is 0. The number of hydrogen-bond acceptors (Lipinski definition) is 2. The van der Waals surface area contributed by atoms with Crippen LogP contribution in [0.15, 0.2) is 0 Å². The summed E-state index contributed by atoms with van der Waals surface area (Å²) in [7, 11) is 0. The van der Waals surface area contributed by atoms with Gasteiger partial charge >= 0.3 is 0 Å². The standard InChI is InChI=1S/C7H14O2/c1-3-4-7-6(2)8-5-9-7/h6-7H,3-5H2,1-2H3. The maximum Gasteiger partial charge on any atom is 0.147 e. The first-order chi connectivity index (χ1) is 4.34. The third-order valence-electron chi connectivity index (χ3n) is 1.71. The van der Waals surface area contributed by atoms with Gasteiger partial charge in [-0.3, -0.25) is 0 Å². The van der Waals surface area contributed by atoms with E-state index in [0.29, 0.717) is 19.0 Å². The third kappa shape index (κ3) is 1.66. The van der Waals surface area contributed by atoms with E-state index in [0.717, 1.165) is 6.42 Å². The SMILES string of the molecule is CCCC1OCOC1C. The number of ether oxygens (including phenoxy) is 2. The highest BCUT2D eigenvalue weighted by Crippen LogP contribution is 2.16. The maximum atomic E-state index is 5.28. The molecule has 0 radical (unpaired) electrons. The van der Waals surface area contributed by atoms with Gasteiger partial charge in [-0.05, 0) is 13.3 Å². The Kier molecular flexibility index (Phi) is 2.49. The largest absolute Gasteiger partial charge is 0.350 e. The molecular weight excluding hydrogens is 116 g/mol. The summed E-state index contributed by atoms with van der Waals surface area (Å²) in [6, 6.07) is 0. The maximum absolute atomic E-state index is 5.28. The zero-order valence-electron chi connectivity index (χ0n) is 6.09. The Morgan fingerprint density at radius 2 is 2.22 bits per heavy atom. The molecule has 1 heterocycles. The van der Waals surface area contributed by atoms with E-state index in [9.17, 15) is 0 Å². The van der Waals surface area contributed by atoms with Crippen molar-refractivity contribution in [3.63, 3.8) is 0 Å². The zero-order chi connectivity index (χ0) is 6.69. The van der Waals surface area contributed by atoms with Gasteiger partial charge in [0, 0.05) is 0 Å². The van der Waals surface area contributed by atoms with Crippen molar-refractivity contribution < 1.29 is 9.47 Å². The number of hydrogen-bond donors (Lipinski definition) is 0. The van der Waals surface area contributed by atoms with Crippen LogP contribution in [0.1, 0.15) is 26.7 Å². The molecule has 0 aromatic carbocycles. The fourth-order valence-electron chi connectivity index (χ4n) is 1.08. The molecule has 2 unspecified atom stereocenters. The summed E-state index contributed by atoms with van der Waals surface area (Å²) < 4.78 is 10.5. The second-order valence-electron chi connectivity index (χ2n) is 2.48. The van der Waals surface area contributed by atoms with E-state index in [1.807, 2.05) is 0 Å². The molecule has 1 saturated heterocycles. The highest BCUT2D eigenvalue weighted by molar-refractivity contribution is 4.68. The van der Waals surface area contributed by atoms with Crippen molar-refractivity contribution in [2.24, 2.45) is 0 Å². The molecule has 0 aromatic rings. The minimum absolute atomic E-state index is 0.310. The normalized spacial score (nSPS) is 35.3. The van der Waals surface area contributed by atoms with Crippen LogP contribution in [-0.4, -0.2) is 19.0 Å². The monoisotopic (exact) mass is 130 g/mol. The van der Waals surface area contributed by atoms with E-state index in [4.69, 9.17) is 9.47 Å². The van der Waals surface area contributed by atoms with E-state index in [1.54, 1.807) is 0 Å². The highest BCUT2D eigenvalue weighted by Gasteiger charge is 2.23. The van der Waals surface area contributed by atoms with Crippen LogP contribution in [0.5, 0.6) is 0 Å². The minimum Gasteiger partial charge on any atom is -0.350 e. The predicted octanol–water partition coefficient (Wildman–Crippen LogP) is 1.55. The molecule has 0 N–H and O–H groups in total. The van der Waals surface area contributed by atoms with Crippen molar-refractivity contribution in [2.45, 2.75) is 38.9 Å². The average Bonchev–Trinajstić information content (AvgIpc) is 2.18. The van der Waals surface area contributed by atoms with Crippen molar-refractivity contribution in [1.29, 1.82) is 0 Å². The van der Waals surface area contributed by atoms with E-state index in [1.165, 1.54) is 6.42 Å². The van der Waals surface area contributed by atoms with Crippen molar-refractivity contribution in [1.82, 2.24) is 0 Å².